The molecule has 1 heterocycles. The van der Waals surface area contributed by atoms with Crippen molar-refractivity contribution in [1.82, 2.24) is 10.2 Å². The molecule has 0 unspecified atom stereocenters. The van der Waals surface area contributed by atoms with E-state index in [0.29, 0.717) is 12.1 Å². The van der Waals surface area contributed by atoms with Gasteiger partial charge in [-0.05, 0) is 31.5 Å². The number of benzene rings is 2. The van der Waals surface area contributed by atoms with E-state index in [0.717, 1.165) is 31.9 Å². The molecule has 0 bridgehead atoms. The second kappa shape index (κ2) is 8.28. The predicted molar refractivity (Wildman–Crippen MR) is 99.8 cm³/mol. The van der Waals surface area contributed by atoms with E-state index < -0.39 is 0 Å². The minimum Gasteiger partial charge on any atom is -0.379 e. The highest BCUT2D eigenvalue weighted by atomic mass is 16.5. The Morgan fingerprint density at radius 1 is 1.08 bits per heavy atom. The maximum atomic E-state index is 12.5. The molecule has 0 aromatic heterocycles. The fourth-order valence-electron chi connectivity index (χ4n) is 3.21. The van der Waals surface area contributed by atoms with Gasteiger partial charge in [0.2, 0.25) is 0 Å². The highest BCUT2D eigenvalue weighted by Crippen LogP contribution is 2.22. The molecule has 25 heavy (non-hydrogen) atoms. The molecule has 4 nitrogen and oxygen atoms in total. The lowest BCUT2D eigenvalue weighted by atomic mass is 10.0. The molecular weight excluding hydrogens is 312 g/mol. The first-order valence-corrected chi connectivity index (χ1v) is 8.87. The van der Waals surface area contributed by atoms with Crippen LogP contribution in [0.2, 0.25) is 0 Å². The van der Waals surface area contributed by atoms with Crippen molar-refractivity contribution in [2.24, 2.45) is 0 Å². The number of nitrogens with one attached hydrogen (secondary N) is 1. The van der Waals surface area contributed by atoms with E-state index in [1.807, 2.05) is 31.2 Å². The van der Waals surface area contributed by atoms with Crippen LogP contribution >= 0.6 is 0 Å². The molecule has 0 saturated carbocycles. The molecule has 132 valence electrons. The summed E-state index contributed by atoms with van der Waals surface area (Å²) in [5.41, 5.74) is 4.28. The van der Waals surface area contributed by atoms with Crippen molar-refractivity contribution in [1.29, 1.82) is 0 Å². The fraction of sp³-hybridized carbons (Fsp3) is 0.381. The van der Waals surface area contributed by atoms with Crippen molar-refractivity contribution >= 4 is 5.91 Å². The zero-order chi connectivity index (χ0) is 17.6. The molecule has 1 saturated heterocycles. The zero-order valence-electron chi connectivity index (χ0n) is 15.0. The largest absolute Gasteiger partial charge is 0.379 e. The number of aryl methyl sites for hydroxylation is 2. The standard InChI is InChI=1S/C21H26N2O2/c1-16-6-8-18(9-7-16)20(23-10-12-25-13-11-23)15-22-21(24)19-5-3-4-17(2)14-19/h3-9,14,20H,10-13,15H2,1-2H3,(H,22,24)/t20-/m0/s1. The van der Waals surface area contributed by atoms with Gasteiger partial charge in [-0.2, -0.15) is 0 Å². The summed E-state index contributed by atoms with van der Waals surface area (Å²) in [7, 11) is 0. The predicted octanol–water partition coefficient (Wildman–Crippen LogP) is 3.11. The van der Waals surface area contributed by atoms with Gasteiger partial charge >= 0.3 is 0 Å². The lowest BCUT2D eigenvalue weighted by Crippen LogP contribution is -2.43. The smallest absolute Gasteiger partial charge is 0.251 e. The lowest BCUT2D eigenvalue weighted by Gasteiger charge is -2.35. The van der Waals surface area contributed by atoms with Gasteiger partial charge in [-0.15, -0.1) is 0 Å². The van der Waals surface area contributed by atoms with Gasteiger partial charge in [-0.3, -0.25) is 9.69 Å². The summed E-state index contributed by atoms with van der Waals surface area (Å²) in [5, 5.41) is 3.12. The zero-order valence-corrected chi connectivity index (χ0v) is 15.0. The molecule has 1 aliphatic heterocycles. The van der Waals surface area contributed by atoms with E-state index >= 15 is 0 Å². The van der Waals surface area contributed by atoms with Gasteiger partial charge in [0.25, 0.3) is 5.91 Å². The summed E-state index contributed by atoms with van der Waals surface area (Å²) in [6.45, 7) is 7.95. The second-order valence-corrected chi connectivity index (χ2v) is 6.65. The summed E-state index contributed by atoms with van der Waals surface area (Å²) >= 11 is 0. The SMILES string of the molecule is Cc1ccc([C@H](CNC(=O)c2cccc(C)c2)N2CCOCC2)cc1. The Balaban J connectivity index is 1.73. The number of rotatable bonds is 5. The van der Waals surface area contributed by atoms with Crippen LogP contribution in [0.25, 0.3) is 0 Å². The number of carbonyl (C=O) groups excluding carboxylic acids is 1. The minimum absolute atomic E-state index is 0.0194. The Kier molecular flexibility index (Phi) is 5.84. The van der Waals surface area contributed by atoms with Crippen molar-refractivity contribution in [3.63, 3.8) is 0 Å². The van der Waals surface area contributed by atoms with Crippen LogP contribution in [0, 0.1) is 13.8 Å². The molecule has 4 heteroatoms. The summed E-state index contributed by atoms with van der Waals surface area (Å²) in [6, 6.07) is 16.4. The monoisotopic (exact) mass is 338 g/mol. The number of nitrogens with zero attached hydrogens (tertiary/aromatic N) is 1. The van der Waals surface area contributed by atoms with Crippen LogP contribution < -0.4 is 5.32 Å². The van der Waals surface area contributed by atoms with Crippen molar-refractivity contribution in [3.05, 3.63) is 70.8 Å². The Hall–Kier alpha value is -2.17. The van der Waals surface area contributed by atoms with Gasteiger partial charge in [-0.1, -0.05) is 47.5 Å². The average Bonchev–Trinajstić information content (AvgIpc) is 2.64. The first-order valence-electron chi connectivity index (χ1n) is 8.87. The Morgan fingerprint density at radius 2 is 1.80 bits per heavy atom. The molecule has 1 atom stereocenters. The van der Waals surface area contributed by atoms with Crippen molar-refractivity contribution in [3.8, 4) is 0 Å². The van der Waals surface area contributed by atoms with Crippen LogP contribution in [0.1, 0.15) is 33.1 Å². The van der Waals surface area contributed by atoms with E-state index in [2.05, 4.69) is 41.4 Å². The lowest BCUT2D eigenvalue weighted by molar-refractivity contribution is 0.0162. The molecule has 0 spiro atoms. The Labute approximate surface area is 149 Å². The van der Waals surface area contributed by atoms with Crippen LogP contribution in [0.15, 0.2) is 48.5 Å². The third-order valence-corrected chi connectivity index (χ3v) is 4.68. The minimum atomic E-state index is -0.0194. The van der Waals surface area contributed by atoms with E-state index in [1.54, 1.807) is 0 Å². The summed E-state index contributed by atoms with van der Waals surface area (Å²) < 4.78 is 5.48. The first-order chi connectivity index (χ1) is 12.1. The van der Waals surface area contributed by atoms with Crippen LogP contribution in [0.3, 0.4) is 0 Å². The molecule has 1 N–H and O–H groups in total. The van der Waals surface area contributed by atoms with Crippen LogP contribution in [-0.2, 0) is 4.74 Å². The van der Waals surface area contributed by atoms with Crippen LogP contribution in [-0.4, -0.2) is 43.7 Å². The average molecular weight is 338 g/mol. The summed E-state index contributed by atoms with van der Waals surface area (Å²) in [5.74, 6) is -0.0194. The van der Waals surface area contributed by atoms with Crippen molar-refractivity contribution < 1.29 is 9.53 Å². The van der Waals surface area contributed by atoms with Gasteiger partial charge in [0.15, 0.2) is 0 Å². The van der Waals surface area contributed by atoms with Crippen molar-refractivity contribution in [2.45, 2.75) is 19.9 Å². The Bertz CT molecular complexity index is 706. The molecule has 2 aromatic rings. The number of hydrogen-bond donors (Lipinski definition) is 1. The van der Waals surface area contributed by atoms with Gasteiger partial charge < -0.3 is 10.1 Å². The van der Waals surface area contributed by atoms with E-state index in [9.17, 15) is 4.79 Å². The van der Waals surface area contributed by atoms with Gasteiger partial charge in [0.05, 0.1) is 19.3 Å². The first kappa shape index (κ1) is 17.6. The number of morpholine rings is 1. The fourth-order valence-corrected chi connectivity index (χ4v) is 3.21. The highest BCUT2D eigenvalue weighted by molar-refractivity contribution is 5.94. The summed E-state index contributed by atoms with van der Waals surface area (Å²) in [4.78, 5) is 14.9. The highest BCUT2D eigenvalue weighted by Gasteiger charge is 2.23. The maximum Gasteiger partial charge on any atom is 0.251 e. The van der Waals surface area contributed by atoms with Gasteiger partial charge in [-0.25, -0.2) is 0 Å². The number of amides is 1. The van der Waals surface area contributed by atoms with Crippen molar-refractivity contribution in [2.75, 3.05) is 32.8 Å². The quantitative estimate of drug-likeness (QED) is 0.911. The Morgan fingerprint density at radius 3 is 2.48 bits per heavy atom. The third kappa shape index (κ3) is 4.68. The topological polar surface area (TPSA) is 41.6 Å². The van der Waals surface area contributed by atoms with E-state index in [-0.39, 0.29) is 11.9 Å². The van der Waals surface area contributed by atoms with E-state index in [4.69, 9.17) is 4.74 Å². The second-order valence-electron chi connectivity index (χ2n) is 6.65. The molecule has 1 aliphatic rings. The normalized spacial score (nSPS) is 16.4. The number of ether oxygens (including phenoxy) is 1. The molecule has 1 fully saturated rings. The van der Waals surface area contributed by atoms with E-state index in [1.165, 1.54) is 11.1 Å². The molecule has 0 aliphatic carbocycles. The maximum absolute atomic E-state index is 12.5. The number of hydrogen-bond acceptors (Lipinski definition) is 3. The number of carbonyl (C=O) groups is 1. The van der Waals surface area contributed by atoms with Crippen LogP contribution in [0.5, 0.6) is 0 Å². The third-order valence-electron chi connectivity index (χ3n) is 4.68. The molecule has 1 amide bonds. The summed E-state index contributed by atoms with van der Waals surface area (Å²) in [6.07, 6.45) is 0. The molecular formula is C21H26N2O2. The molecule has 3 rings (SSSR count). The van der Waals surface area contributed by atoms with Gasteiger partial charge in [0, 0.05) is 25.2 Å². The molecule has 2 aromatic carbocycles. The molecule has 0 radical (unpaired) electrons. The van der Waals surface area contributed by atoms with Gasteiger partial charge in [0.1, 0.15) is 0 Å². The van der Waals surface area contributed by atoms with Crippen LogP contribution in [0.4, 0.5) is 0 Å².